The molecule has 2 N–H and O–H groups in total. The second-order valence-corrected chi connectivity index (χ2v) is 9.16. The number of aryl methyl sites for hydroxylation is 1. The number of hydrogen-bond donors (Lipinski definition) is 2. The Morgan fingerprint density at radius 2 is 1.88 bits per heavy atom. The maximum atomic E-state index is 12.9. The van der Waals surface area contributed by atoms with Gasteiger partial charge in [0.2, 0.25) is 11.8 Å². The SMILES string of the molecule is Cn1c(=O)n(C2CCC(=O)NC2=O)c2ccc(CCO[C@H]3C[C@H](N4CCNCC4)C3)cc21. The number of imidazole rings is 1. The van der Waals surface area contributed by atoms with Crippen molar-refractivity contribution in [3.8, 4) is 0 Å². The average Bonchev–Trinajstić information content (AvgIpc) is 3.00. The van der Waals surface area contributed by atoms with E-state index in [-0.39, 0.29) is 18.0 Å². The van der Waals surface area contributed by atoms with Crippen LogP contribution in [0.2, 0.25) is 0 Å². The van der Waals surface area contributed by atoms with E-state index < -0.39 is 11.9 Å². The number of carbonyl (C=O) groups is 2. The third kappa shape index (κ3) is 4.00. The van der Waals surface area contributed by atoms with E-state index in [0.29, 0.717) is 25.2 Å². The van der Waals surface area contributed by atoms with E-state index in [0.717, 1.165) is 62.0 Å². The molecule has 1 unspecified atom stereocenters. The summed E-state index contributed by atoms with van der Waals surface area (Å²) in [6.45, 7) is 5.09. The number of imide groups is 1. The number of nitrogens with zero attached hydrogens (tertiary/aromatic N) is 3. The van der Waals surface area contributed by atoms with Gasteiger partial charge in [-0.2, -0.15) is 0 Å². The summed E-state index contributed by atoms with van der Waals surface area (Å²) in [6, 6.07) is 5.92. The minimum Gasteiger partial charge on any atom is -0.378 e. The molecule has 1 saturated carbocycles. The molecular formula is C23H31N5O4. The zero-order valence-corrected chi connectivity index (χ0v) is 18.5. The molecule has 3 fully saturated rings. The number of aromatic nitrogens is 2. The number of fused-ring (bicyclic) bond motifs is 1. The summed E-state index contributed by atoms with van der Waals surface area (Å²) in [5.74, 6) is -0.694. The predicted octanol–water partition coefficient (Wildman–Crippen LogP) is 0.313. The molecule has 2 aliphatic heterocycles. The van der Waals surface area contributed by atoms with Crippen LogP contribution in [0.5, 0.6) is 0 Å². The molecule has 3 aliphatic rings. The number of piperazine rings is 1. The first-order valence-electron chi connectivity index (χ1n) is 11.6. The van der Waals surface area contributed by atoms with E-state index in [1.807, 2.05) is 18.2 Å². The zero-order valence-electron chi connectivity index (χ0n) is 18.5. The molecule has 32 heavy (non-hydrogen) atoms. The number of amides is 2. The van der Waals surface area contributed by atoms with Crippen molar-refractivity contribution >= 4 is 22.8 Å². The number of ether oxygens (including phenoxy) is 1. The van der Waals surface area contributed by atoms with Crippen molar-refractivity contribution in [2.45, 2.75) is 50.3 Å². The monoisotopic (exact) mass is 441 g/mol. The molecule has 1 atom stereocenters. The van der Waals surface area contributed by atoms with Gasteiger partial charge in [0.15, 0.2) is 0 Å². The van der Waals surface area contributed by atoms with Gasteiger partial charge in [-0.3, -0.25) is 28.9 Å². The van der Waals surface area contributed by atoms with Crippen molar-refractivity contribution in [3.63, 3.8) is 0 Å². The quantitative estimate of drug-likeness (QED) is 0.627. The van der Waals surface area contributed by atoms with Crippen LogP contribution in [0.25, 0.3) is 11.0 Å². The first kappa shape index (κ1) is 21.4. The lowest BCUT2D eigenvalue weighted by Gasteiger charge is -2.44. The lowest BCUT2D eigenvalue weighted by molar-refractivity contribution is -0.135. The molecule has 1 aliphatic carbocycles. The molecule has 172 valence electrons. The fraction of sp³-hybridized carbons (Fsp3) is 0.609. The highest BCUT2D eigenvalue weighted by molar-refractivity contribution is 6.00. The minimum absolute atomic E-state index is 0.240. The first-order chi connectivity index (χ1) is 15.5. The molecule has 2 aromatic rings. The molecule has 3 heterocycles. The first-order valence-corrected chi connectivity index (χ1v) is 11.6. The minimum atomic E-state index is -0.652. The standard InChI is InChI=1S/C23H31N5O4/c1-26-20-12-15(6-11-32-17-13-16(14-17)27-9-7-24-8-10-27)2-3-18(20)28(23(26)31)19-4-5-21(29)25-22(19)30/h2-3,12,16-17,19,24H,4-11,13-14H2,1H3,(H,25,29,30)/t16-,17-,19?. The Bertz CT molecular complexity index is 1080. The van der Waals surface area contributed by atoms with E-state index in [4.69, 9.17) is 4.74 Å². The lowest BCUT2D eigenvalue weighted by atomic mass is 9.87. The molecule has 1 aromatic heterocycles. The fourth-order valence-electron chi connectivity index (χ4n) is 5.16. The Hall–Kier alpha value is -2.49. The van der Waals surface area contributed by atoms with Gasteiger partial charge >= 0.3 is 5.69 Å². The van der Waals surface area contributed by atoms with Gasteiger partial charge in [0, 0.05) is 45.7 Å². The Morgan fingerprint density at radius 3 is 2.62 bits per heavy atom. The van der Waals surface area contributed by atoms with Crippen molar-refractivity contribution < 1.29 is 14.3 Å². The van der Waals surface area contributed by atoms with Crippen molar-refractivity contribution in [1.29, 1.82) is 0 Å². The van der Waals surface area contributed by atoms with E-state index >= 15 is 0 Å². The number of piperidine rings is 1. The third-order valence-corrected chi connectivity index (χ3v) is 7.16. The summed E-state index contributed by atoms with van der Waals surface area (Å²) in [4.78, 5) is 39.2. The summed E-state index contributed by atoms with van der Waals surface area (Å²) in [5, 5.41) is 5.74. The number of benzene rings is 1. The van der Waals surface area contributed by atoms with E-state index in [2.05, 4.69) is 15.5 Å². The Labute approximate surface area is 186 Å². The summed E-state index contributed by atoms with van der Waals surface area (Å²) in [5.41, 5.74) is 2.37. The molecular weight excluding hydrogens is 410 g/mol. The molecule has 0 radical (unpaired) electrons. The number of carbonyl (C=O) groups excluding carboxylic acids is 2. The van der Waals surface area contributed by atoms with Crippen LogP contribution in [0.1, 0.15) is 37.3 Å². The van der Waals surface area contributed by atoms with Crippen LogP contribution in [0.15, 0.2) is 23.0 Å². The predicted molar refractivity (Wildman–Crippen MR) is 120 cm³/mol. The van der Waals surface area contributed by atoms with E-state index in [1.54, 1.807) is 11.6 Å². The van der Waals surface area contributed by atoms with Crippen LogP contribution in [-0.2, 0) is 27.8 Å². The van der Waals surface area contributed by atoms with Crippen molar-refractivity contribution in [2.75, 3.05) is 32.8 Å². The molecule has 5 rings (SSSR count). The van der Waals surface area contributed by atoms with Crippen LogP contribution in [0, 0.1) is 0 Å². The van der Waals surface area contributed by atoms with Gasteiger partial charge < -0.3 is 10.1 Å². The van der Waals surface area contributed by atoms with Gasteiger partial charge in [0.05, 0.1) is 23.7 Å². The zero-order chi connectivity index (χ0) is 22.2. The average molecular weight is 442 g/mol. The van der Waals surface area contributed by atoms with Crippen LogP contribution in [0.3, 0.4) is 0 Å². The van der Waals surface area contributed by atoms with Gasteiger partial charge in [-0.25, -0.2) is 4.79 Å². The van der Waals surface area contributed by atoms with Gasteiger partial charge in [-0.15, -0.1) is 0 Å². The third-order valence-electron chi connectivity index (χ3n) is 7.16. The maximum absolute atomic E-state index is 12.9. The van der Waals surface area contributed by atoms with Crippen LogP contribution in [-0.4, -0.2) is 70.8 Å². The Kier molecular flexibility index (Phi) is 5.88. The molecule has 2 saturated heterocycles. The molecule has 1 aromatic carbocycles. The Balaban J connectivity index is 1.21. The molecule has 9 heteroatoms. The highest BCUT2D eigenvalue weighted by atomic mass is 16.5. The summed E-state index contributed by atoms with van der Waals surface area (Å²) in [6.07, 6.45) is 3.94. The van der Waals surface area contributed by atoms with Crippen molar-refractivity contribution in [3.05, 3.63) is 34.2 Å². The van der Waals surface area contributed by atoms with E-state index in [9.17, 15) is 14.4 Å². The van der Waals surface area contributed by atoms with E-state index in [1.165, 1.54) is 4.57 Å². The van der Waals surface area contributed by atoms with Crippen LogP contribution in [0.4, 0.5) is 0 Å². The molecule has 0 spiro atoms. The number of rotatable bonds is 6. The maximum Gasteiger partial charge on any atom is 0.329 e. The fourth-order valence-corrected chi connectivity index (χ4v) is 5.16. The van der Waals surface area contributed by atoms with Gasteiger partial charge in [0.25, 0.3) is 0 Å². The smallest absolute Gasteiger partial charge is 0.329 e. The normalized spacial score (nSPS) is 26.8. The molecule has 0 bridgehead atoms. The van der Waals surface area contributed by atoms with Gasteiger partial charge in [0.1, 0.15) is 6.04 Å². The summed E-state index contributed by atoms with van der Waals surface area (Å²) in [7, 11) is 1.72. The highest BCUT2D eigenvalue weighted by Crippen LogP contribution is 2.29. The lowest BCUT2D eigenvalue weighted by Crippen LogP contribution is -2.54. The van der Waals surface area contributed by atoms with Crippen LogP contribution >= 0.6 is 0 Å². The second-order valence-electron chi connectivity index (χ2n) is 9.16. The number of hydrogen-bond acceptors (Lipinski definition) is 6. The molecule has 9 nitrogen and oxygen atoms in total. The van der Waals surface area contributed by atoms with Crippen molar-refractivity contribution in [2.24, 2.45) is 7.05 Å². The summed E-state index contributed by atoms with van der Waals surface area (Å²) >= 11 is 0. The second kappa shape index (κ2) is 8.80. The Morgan fingerprint density at radius 1 is 1.09 bits per heavy atom. The highest BCUT2D eigenvalue weighted by Gasteiger charge is 2.34. The van der Waals surface area contributed by atoms with Crippen LogP contribution < -0.4 is 16.3 Å². The van der Waals surface area contributed by atoms with Gasteiger partial charge in [-0.1, -0.05) is 6.07 Å². The van der Waals surface area contributed by atoms with Gasteiger partial charge in [-0.05, 0) is 43.4 Å². The summed E-state index contributed by atoms with van der Waals surface area (Å²) < 4.78 is 9.19. The van der Waals surface area contributed by atoms with Crippen molar-refractivity contribution in [1.82, 2.24) is 24.7 Å². The topological polar surface area (TPSA) is 97.6 Å². The number of nitrogens with one attached hydrogen (secondary N) is 2. The molecule has 2 amide bonds. The largest absolute Gasteiger partial charge is 0.378 e.